The molecule has 92 valence electrons. The van der Waals surface area contributed by atoms with E-state index < -0.39 is 14.6 Å². The second-order valence-corrected chi connectivity index (χ2v) is 7.07. The fourth-order valence-electron chi connectivity index (χ4n) is 2.27. The molecule has 1 aliphatic carbocycles. The summed E-state index contributed by atoms with van der Waals surface area (Å²) in [6.45, 7) is 1.92. The van der Waals surface area contributed by atoms with Gasteiger partial charge in [0.25, 0.3) is 0 Å². The van der Waals surface area contributed by atoms with Crippen LogP contribution in [-0.4, -0.2) is 19.5 Å². The maximum absolute atomic E-state index is 12.5. The molecule has 0 spiro atoms. The Bertz CT molecular complexity index is 510. The van der Waals surface area contributed by atoms with E-state index in [0.29, 0.717) is 17.7 Å². The minimum Gasteiger partial charge on any atom is -0.303 e. The number of aldehydes is 1. The summed E-state index contributed by atoms with van der Waals surface area (Å²) in [5.74, 6) is 0. The third-order valence-electron chi connectivity index (χ3n) is 3.62. The quantitative estimate of drug-likeness (QED) is 0.772. The number of benzene rings is 1. The number of carbonyl (C=O) groups excluding carboxylic acids is 1. The first-order chi connectivity index (χ1) is 8.02. The van der Waals surface area contributed by atoms with Crippen LogP contribution < -0.4 is 0 Å². The largest absolute Gasteiger partial charge is 0.303 e. The molecule has 2 rings (SSSR count). The summed E-state index contributed by atoms with van der Waals surface area (Å²) in [6, 6.07) is 6.85. The van der Waals surface area contributed by atoms with Gasteiger partial charge in [0, 0.05) is 6.42 Å². The molecule has 17 heavy (non-hydrogen) atoms. The maximum atomic E-state index is 12.5. The molecule has 4 heteroatoms. The highest BCUT2D eigenvalue weighted by atomic mass is 32.2. The summed E-state index contributed by atoms with van der Waals surface area (Å²) in [5.41, 5.74) is 1.03. The number of hydrogen-bond donors (Lipinski definition) is 0. The molecule has 1 aromatic rings. The molecule has 1 saturated carbocycles. The Morgan fingerprint density at radius 1 is 1.24 bits per heavy atom. The molecule has 0 atom stereocenters. The van der Waals surface area contributed by atoms with E-state index >= 15 is 0 Å². The zero-order chi connectivity index (χ0) is 12.5. The second kappa shape index (κ2) is 4.26. The van der Waals surface area contributed by atoms with Gasteiger partial charge in [-0.3, -0.25) is 0 Å². The summed E-state index contributed by atoms with van der Waals surface area (Å²) in [7, 11) is -3.37. The second-order valence-electron chi connectivity index (χ2n) is 4.72. The van der Waals surface area contributed by atoms with Gasteiger partial charge in [-0.25, -0.2) is 8.42 Å². The Kier molecular flexibility index (Phi) is 3.08. The molecule has 1 aromatic carbocycles. The van der Waals surface area contributed by atoms with E-state index in [1.165, 1.54) is 0 Å². The molecular formula is C13H16O3S. The number of sulfone groups is 1. The monoisotopic (exact) mass is 252 g/mol. The van der Waals surface area contributed by atoms with E-state index in [1.807, 2.05) is 6.92 Å². The van der Waals surface area contributed by atoms with Crippen molar-refractivity contribution in [1.29, 1.82) is 0 Å². The van der Waals surface area contributed by atoms with E-state index in [2.05, 4.69) is 0 Å². The average Bonchev–Trinajstić information content (AvgIpc) is 2.23. The fourth-order valence-corrected chi connectivity index (χ4v) is 4.38. The Hall–Kier alpha value is -1.16. The lowest BCUT2D eigenvalue weighted by Crippen LogP contribution is -2.45. The van der Waals surface area contributed by atoms with Gasteiger partial charge in [0.2, 0.25) is 0 Å². The first-order valence-electron chi connectivity index (χ1n) is 5.77. The molecule has 0 unspecified atom stereocenters. The molecular weight excluding hydrogens is 236 g/mol. The van der Waals surface area contributed by atoms with Crippen LogP contribution >= 0.6 is 0 Å². The van der Waals surface area contributed by atoms with Crippen molar-refractivity contribution in [3.8, 4) is 0 Å². The van der Waals surface area contributed by atoms with Crippen molar-refractivity contribution in [3.63, 3.8) is 0 Å². The lowest BCUT2D eigenvalue weighted by molar-refractivity contribution is -0.108. The van der Waals surface area contributed by atoms with E-state index in [4.69, 9.17) is 0 Å². The Morgan fingerprint density at radius 2 is 1.82 bits per heavy atom. The molecule has 1 aliphatic rings. The first-order valence-corrected chi connectivity index (χ1v) is 7.25. The Labute approximate surface area is 102 Å². The SMILES string of the molecule is Cc1ccc(S(=O)(=O)C2(CC=O)CCC2)cc1. The van der Waals surface area contributed by atoms with E-state index in [9.17, 15) is 13.2 Å². The Balaban J connectivity index is 2.41. The van der Waals surface area contributed by atoms with Crippen LogP contribution in [0.2, 0.25) is 0 Å². The van der Waals surface area contributed by atoms with Crippen LogP contribution in [0.3, 0.4) is 0 Å². The van der Waals surface area contributed by atoms with Crippen LogP contribution in [0.5, 0.6) is 0 Å². The minimum absolute atomic E-state index is 0.114. The molecule has 0 amide bonds. The lowest BCUT2D eigenvalue weighted by Gasteiger charge is -2.39. The summed E-state index contributed by atoms with van der Waals surface area (Å²) in [6.07, 6.45) is 2.93. The predicted octanol–water partition coefficient (Wildman–Crippen LogP) is 2.28. The highest BCUT2D eigenvalue weighted by Gasteiger charge is 2.48. The molecule has 0 heterocycles. The molecule has 0 bridgehead atoms. The fraction of sp³-hybridized carbons (Fsp3) is 0.462. The van der Waals surface area contributed by atoms with Gasteiger partial charge in [0.1, 0.15) is 6.29 Å². The predicted molar refractivity (Wildman–Crippen MR) is 65.6 cm³/mol. The molecule has 3 nitrogen and oxygen atoms in total. The average molecular weight is 252 g/mol. The van der Waals surface area contributed by atoms with Gasteiger partial charge in [0.15, 0.2) is 9.84 Å². The number of hydrogen-bond acceptors (Lipinski definition) is 3. The summed E-state index contributed by atoms with van der Waals surface area (Å²) in [5, 5.41) is 0. The van der Waals surface area contributed by atoms with Gasteiger partial charge in [-0.05, 0) is 31.9 Å². The van der Waals surface area contributed by atoms with Crippen molar-refractivity contribution in [1.82, 2.24) is 0 Å². The van der Waals surface area contributed by atoms with Crippen molar-refractivity contribution in [2.75, 3.05) is 0 Å². The van der Waals surface area contributed by atoms with E-state index in [1.54, 1.807) is 24.3 Å². The van der Waals surface area contributed by atoms with E-state index in [0.717, 1.165) is 18.3 Å². The molecule has 0 aliphatic heterocycles. The van der Waals surface area contributed by atoms with Crippen molar-refractivity contribution < 1.29 is 13.2 Å². The van der Waals surface area contributed by atoms with Crippen LogP contribution in [0.25, 0.3) is 0 Å². The number of aryl methyl sites for hydroxylation is 1. The van der Waals surface area contributed by atoms with Crippen LogP contribution in [0.15, 0.2) is 29.2 Å². The lowest BCUT2D eigenvalue weighted by atomic mass is 9.82. The molecule has 0 N–H and O–H groups in total. The smallest absolute Gasteiger partial charge is 0.184 e. The minimum atomic E-state index is -3.37. The summed E-state index contributed by atoms with van der Waals surface area (Å²) in [4.78, 5) is 11.0. The number of rotatable bonds is 4. The van der Waals surface area contributed by atoms with E-state index in [-0.39, 0.29) is 6.42 Å². The molecule has 1 fully saturated rings. The Morgan fingerprint density at radius 3 is 2.24 bits per heavy atom. The van der Waals surface area contributed by atoms with Crippen LogP contribution in [0.4, 0.5) is 0 Å². The van der Waals surface area contributed by atoms with Crippen LogP contribution in [0.1, 0.15) is 31.2 Å². The first kappa shape index (κ1) is 12.3. The van der Waals surface area contributed by atoms with Gasteiger partial charge in [-0.15, -0.1) is 0 Å². The normalized spacial score (nSPS) is 18.4. The maximum Gasteiger partial charge on any atom is 0.184 e. The van der Waals surface area contributed by atoms with Crippen LogP contribution in [-0.2, 0) is 14.6 Å². The van der Waals surface area contributed by atoms with Crippen molar-refractivity contribution >= 4 is 16.1 Å². The third kappa shape index (κ3) is 1.90. The third-order valence-corrected chi connectivity index (χ3v) is 6.23. The number of carbonyl (C=O) groups is 1. The molecule has 0 aromatic heterocycles. The summed E-state index contributed by atoms with van der Waals surface area (Å²) >= 11 is 0. The van der Waals surface area contributed by atoms with Crippen molar-refractivity contribution in [2.45, 2.75) is 42.2 Å². The van der Waals surface area contributed by atoms with Gasteiger partial charge >= 0.3 is 0 Å². The zero-order valence-corrected chi connectivity index (χ0v) is 10.7. The van der Waals surface area contributed by atoms with Gasteiger partial charge in [-0.1, -0.05) is 24.1 Å². The topological polar surface area (TPSA) is 51.2 Å². The van der Waals surface area contributed by atoms with Gasteiger partial charge in [-0.2, -0.15) is 0 Å². The van der Waals surface area contributed by atoms with Crippen molar-refractivity contribution in [3.05, 3.63) is 29.8 Å². The van der Waals surface area contributed by atoms with Gasteiger partial charge < -0.3 is 4.79 Å². The van der Waals surface area contributed by atoms with Crippen molar-refractivity contribution in [2.24, 2.45) is 0 Å². The molecule has 0 radical (unpaired) electrons. The zero-order valence-electron chi connectivity index (χ0n) is 9.85. The standard InChI is InChI=1S/C13H16O3S/c1-11-3-5-12(6-4-11)17(15,16)13(9-10-14)7-2-8-13/h3-6,10H,2,7-9H2,1H3. The van der Waals surface area contributed by atoms with Crippen LogP contribution in [0, 0.1) is 6.92 Å². The molecule has 0 saturated heterocycles. The summed E-state index contributed by atoms with van der Waals surface area (Å²) < 4.78 is 24.1. The highest BCUT2D eigenvalue weighted by Crippen LogP contribution is 2.44. The highest BCUT2D eigenvalue weighted by molar-refractivity contribution is 7.93. The van der Waals surface area contributed by atoms with Gasteiger partial charge in [0.05, 0.1) is 9.64 Å².